The van der Waals surface area contributed by atoms with Crippen molar-refractivity contribution in [1.82, 2.24) is 0 Å². The van der Waals surface area contributed by atoms with E-state index >= 15 is 0 Å². The van der Waals surface area contributed by atoms with Gasteiger partial charge in [0.15, 0.2) is 0 Å². The maximum absolute atomic E-state index is 13.1. The van der Waals surface area contributed by atoms with Gasteiger partial charge < -0.3 is 5.11 Å². The molecule has 86 valence electrons. The summed E-state index contributed by atoms with van der Waals surface area (Å²) in [5.41, 5.74) is -0.233. The minimum absolute atomic E-state index is 0.233. The molecule has 1 aliphatic rings. The molecule has 1 N–H and O–H groups in total. The number of hydrogen-bond donors (Lipinski definition) is 1. The van der Waals surface area contributed by atoms with Crippen LogP contribution in [0, 0.1) is 5.82 Å². The van der Waals surface area contributed by atoms with E-state index in [1.807, 2.05) is 0 Å². The van der Waals surface area contributed by atoms with Crippen LogP contribution in [-0.4, -0.2) is 16.3 Å². The summed E-state index contributed by atoms with van der Waals surface area (Å²) in [5, 5.41) is 9.36. The van der Waals surface area contributed by atoms with Crippen molar-refractivity contribution in [3.05, 3.63) is 29.6 Å². The number of hydrogen-bond acceptors (Lipinski definition) is 2. The molecule has 1 saturated carbocycles. The van der Waals surface area contributed by atoms with E-state index < -0.39 is 11.8 Å². The Morgan fingerprint density at radius 2 is 2.06 bits per heavy atom. The molecule has 1 aromatic rings. The standard InChI is InChI=1S/C12H13FO2S/c13-11-6-5-9(7-10(11)12(14)15)16-8-3-1-2-4-8/h5-8H,1-4H2,(H,14,15). The van der Waals surface area contributed by atoms with Crippen molar-refractivity contribution in [2.75, 3.05) is 0 Å². The van der Waals surface area contributed by atoms with E-state index in [9.17, 15) is 9.18 Å². The van der Waals surface area contributed by atoms with Gasteiger partial charge in [0, 0.05) is 10.1 Å². The van der Waals surface area contributed by atoms with Crippen molar-refractivity contribution in [1.29, 1.82) is 0 Å². The lowest BCUT2D eigenvalue weighted by molar-refractivity contribution is 0.0691. The monoisotopic (exact) mass is 240 g/mol. The van der Waals surface area contributed by atoms with E-state index in [-0.39, 0.29) is 5.56 Å². The second-order valence-corrected chi connectivity index (χ2v) is 5.34. The minimum atomic E-state index is -1.20. The van der Waals surface area contributed by atoms with E-state index in [1.54, 1.807) is 17.8 Å². The Balaban J connectivity index is 2.15. The molecule has 2 nitrogen and oxygen atoms in total. The van der Waals surface area contributed by atoms with Gasteiger partial charge in [-0.3, -0.25) is 0 Å². The van der Waals surface area contributed by atoms with E-state index in [1.165, 1.54) is 37.8 Å². The van der Waals surface area contributed by atoms with Crippen molar-refractivity contribution in [2.45, 2.75) is 35.8 Å². The molecule has 2 rings (SSSR count). The predicted molar refractivity (Wildman–Crippen MR) is 61.5 cm³/mol. The highest BCUT2D eigenvalue weighted by atomic mass is 32.2. The lowest BCUT2D eigenvalue weighted by atomic mass is 10.2. The third kappa shape index (κ3) is 2.55. The summed E-state index contributed by atoms with van der Waals surface area (Å²) < 4.78 is 13.1. The largest absolute Gasteiger partial charge is 0.478 e. The van der Waals surface area contributed by atoms with Gasteiger partial charge in [0.05, 0.1) is 5.56 Å². The van der Waals surface area contributed by atoms with Crippen LogP contribution in [0.25, 0.3) is 0 Å². The Bertz CT molecular complexity index is 400. The molecule has 0 spiro atoms. The highest BCUT2D eigenvalue weighted by Gasteiger charge is 2.17. The maximum atomic E-state index is 13.1. The normalized spacial score (nSPS) is 16.6. The van der Waals surface area contributed by atoms with E-state index in [4.69, 9.17) is 5.11 Å². The molecule has 0 aliphatic heterocycles. The zero-order valence-electron chi connectivity index (χ0n) is 8.78. The molecule has 0 amide bonds. The number of rotatable bonds is 3. The third-order valence-corrected chi connectivity index (χ3v) is 4.10. The Morgan fingerprint density at radius 3 is 2.69 bits per heavy atom. The van der Waals surface area contributed by atoms with Gasteiger partial charge in [0.25, 0.3) is 0 Å². The first-order valence-electron chi connectivity index (χ1n) is 5.36. The van der Waals surface area contributed by atoms with Crippen molar-refractivity contribution in [2.24, 2.45) is 0 Å². The molecule has 0 unspecified atom stereocenters. The second-order valence-electron chi connectivity index (χ2n) is 3.97. The molecule has 1 fully saturated rings. The summed E-state index contributed by atoms with van der Waals surface area (Å²) in [5.74, 6) is -1.87. The van der Waals surface area contributed by atoms with Crippen molar-refractivity contribution in [3.8, 4) is 0 Å². The summed E-state index contributed by atoms with van der Waals surface area (Å²) in [6.45, 7) is 0. The van der Waals surface area contributed by atoms with Crippen molar-refractivity contribution < 1.29 is 14.3 Å². The Kier molecular flexibility index (Phi) is 3.49. The molecule has 16 heavy (non-hydrogen) atoms. The van der Waals surface area contributed by atoms with Gasteiger partial charge in [-0.2, -0.15) is 0 Å². The number of carboxylic acid groups (broad SMARTS) is 1. The number of carboxylic acids is 1. The highest BCUT2D eigenvalue weighted by Crippen LogP contribution is 2.35. The molecule has 0 atom stereocenters. The van der Waals surface area contributed by atoms with Crippen LogP contribution in [-0.2, 0) is 0 Å². The fourth-order valence-electron chi connectivity index (χ4n) is 1.94. The quantitative estimate of drug-likeness (QED) is 0.877. The van der Waals surface area contributed by atoms with Gasteiger partial charge in [-0.25, -0.2) is 9.18 Å². The smallest absolute Gasteiger partial charge is 0.338 e. The van der Waals surface area contributed by atoms with Crippen LogP contribution < -0.4 is 0 Å². The summed E-state index contributed by atoms with van der Waals surface area (Å²) in [6, 6.07) is 4.33. The SMILES string of the molecule is O=C(O)c1cc(SC2CCCC2)ccc1F. The summed E-state index contributed by atoms with van der Waals surface area (Å²) in [7, 11) is 0. The van der Waals surface area contributed by atoms with Crippen LogP contribution in [0.5, 0.6) is 0 Å². The molecular weight excluding hydrogens is 227 g/mol. The van der Waals surface area contributed by atoms with Gasteiger partial charge in [-0.1, -0.05) is 12.8 Å². The van der Waals surface area contributed by atoms with Gasteiger partial charge in [-0.15, -0.1) is 11.8 Å². The number of benzene rings is 1. The van der Waals surface area contributed by atoms with E-state index in [0.29, 0.717) is 5.25 Å². The van der Waals surface area contributed by atoms with E-state index in [2.05, 4.69) is 0 Å². The average Bonchev–Trinajstić information content (AvgIpc) is 2.73. The van der Waals surface area contributed by atoms with Crippen molar-refractivity contribution in [3.63, 3.8) is 0 Å². The second kappa shape index (κ2) is 4.87. The number of carbonyl (C=O) groups is 1. The molecule has 4 heteroatoms. The van der Waals surface area contributed by atoms with Gasteiger partial charge in [0.2, 0.25) is 0 Å². The predicted octanol–water partition coefficient (Wildman–Crippen LogP) is 3.56. The number of halogens is 1. The number of aromatic carboxylic acids is 1. The van der Waals surface area contributed by atoms with Gasteiger partial charge in [0.1, 0.15) is 5.82 Å². The van der Waals surface area contributed by atoms with Crippen molar-refractivity contribution >= 4 is 17.7 Å². The van der Waals surface area contributed by atoms with Crippen LogP contribution in [0.15, 0.2) is 23.1 Å². The summed E-state index contributed by atoms with van der Waals surface area (Å²) in [4.78, 5) is 11.6. The highest BCUT2D eigenvalue weighted by molar-refractivity contribution is 8.00. The van der Waals surface area contributed by atoms with Crippen LogP contribution in [0.1, 0.15) is 36.0 Å². The Morgan fingerprint density at radius 1 is 1.38 bits per heavy atom. The van der Waals surface area contributed by atoms with Crippen LogP contribution >= 0.6 is 11.8 Å². The zero-order chi connectivity index (χ0) is 11.5. The van der Waals surface area contributed by atoms with Crippen LogP contribution in [0.2, 0.25) is 0 Å². The molecule has 0 aromatic heterocycles. The maximum Gasteiger partial charge on any atom is 0.338 e. The molecule has 1 aliphatic carbocycles. The summed E-state index contributed by atoms with van der Waals surface area (Å²) >= 11 is 1.66. The third-order valence-electron chi connectivity index (χ3n) is 2.77. The van der Waals surface area contributed by atoms with Crippen LogP contribution in [0.4, 0.5) is 4.39 Å². The van der Waals surface area contributed by atoms with E-state index in [0.717, 1.165) is 4.90 Å². The zero-order valence-corrected chi connectivity index (χ0v) is 9.60. The Labute approximate surface area is 97.9 Å². The lowest BCUT2D eigenvalue weighted by Crippen LogP contribution is -2.01. The molecular formula is C12H13FO2S. The first-order chi connectivity index (χ1) is 7.66. The molecule has 0 heterocycles. The van der Waals surface area contributed by atoms with Gasteiger partial charge >= 0.3 is 5.97 Å². The molecule has 0 bridgehead atoms. The first kappa shape index (κ1) is 11.5. The minimum Gasteiger partial charge on any atom is -0.478 e. The number of thioether (sulfide) groups is 1. The fourth-order valence-corrected chi connectivity index (χ4v) is 3.23. The molecule has 0 radical (unpaired) electrons. The Hall–Kier alpha value is -1.03. The van der Waals surface area contributed by atoms with Crippen LogP contribution in [0.3, 0.4) is 0 Å². The molecule has 0 saturated heterocycles. The fraction of sp³-hybridized carbons (Fsp3) is 0.417. The molecule has 1 aromatic carbocycles. The topological polar surface area (TPSA) is 37.3 Å². The summed E-state index contributed by atoms with van der Waals surface area (Å²) in [6.07, 6.45) is 4.82. The average molecular weight is 240 g/mol. The van der Waals surface area contributed by atoms with Gasteiger partial charge in [-0.05, 0) is 31.0 Å². The first-order valence-corrected chi connectivity index (χ1v) is 6.24. The lowest BCUT2D eigenvalue weighted by Gasteiger charge is -2.09.